The molecular weight excluding hydrogens is 439 g/mol. The van der Waals surface area contributed by atoms with Crippen molar-refractivity contribution < 1.29 is 80.7 Å². The van der Waals surface area contributed by atoms with E-state index in [-0.39, 0.29) is 40.9 Å². The van der Waals surface area contributed by atoms with Crippen LogP contribution in [0.4, 0.5) is 0 Å². The predicted octanol–water partition coefficient (Wildman–Crippen LogP) is -4.14. The van der Waals surface area contributed by atoms with Crippen molar-refractivity contribution in [3.05, 3.63) is 40.2 Å². The minimum atomic E-state index is -5.38. The van der Waals surface area contributed by atoms with Crippen molar-refractivity contribution in [1.82, 2.24) is 0 Å². The molecule has 3 rings (SSSR count). The zero-order valence-corrected chi connectivity index (χ0v) is 18.4. The summed E-state index contributed by atoms with van der Waals surface area (Å²) in [6.45, 7) is 1.67. The van der Waals surface area contributed by atoms with Crippen molar-refractivity contribution in [2.75, 3.05) is 0 Å². The summed E-state index contributed by atoms with van der Waals surface area (Å²) in [6, 6.07) is 5.38. The zero-order valence-electron chi connectivity index (χ0n) is 15.6. The van der Waals surface area contributed by atoms with Gasteiger partial charge in [-0.1, -0.05) is 0 Å². The number of aliphatic carboxylic acids is 1. The molecule has 1 aliphatic rings. The van der Waals surface area contributed by atoms with E-state index in [0.717, 1.165) is 0 Å². The molecule has 0 amide bonds. The standard InChI is InChI=1S/C16H16O12S.Na/c1-6-4-10(17)26-9-5-7(2-3-8(6)9)25-16-14(28-29(22,23)24)12(19)11(18)13(27-16)15(20)21;/h2-5,11-14,16,18-19H,1H3,(H,20,21)(H,22,23,24);/q;+1/p-1/t11-,12-,13+,14+,16?;/m0./s1. The molecule has 2 heterocycles. The monoisotopic (exact) mass is 454 g/mol. The van der Waals surface area contributed by atoms with Gasteiger partial charge in [-0.05, 0) is 24.6 Å². The quantitative estimate of drug-likeness (QED) is 0.171. The van der Waals surface area contributed by atoms with E-state index in [2.05, 4.69) is 4.18 Å². The first-order chi connectivity index (χ1) is 13.5. The van der Waals surface area contributed by atoms with Crippen molar-refractivity contribution in [1.29, 1.82) is 0 Å². The Kier molecular flexibility index (Phi) is 7.66. The zero-order chi connectivity index (χ0) is 21.5. The van der Waals surface area contributed by atoms with Crippen LogP contribution in [0.1, 0.15) is 5.56 Å². The molecule has 14 heteroatoms. The minimum Gasteiger partial charge on any atom is -0.726 e. The minimum absolute atomic E-state index is 0. The van der Waals surface area contributed by atoms with Crippen LogP contribution in [0.25, 0.3) is 11.0 Å². The third-order valence-corrected chi connectivity index (χ3v) is 4.65. The number of rotatable bonds is 5. The molecule has 1 unspecified atom stereocenters. The number of ether oxygens (including phenoxy) is 2. The van der Waals surface area contributed by atoms with Gasteiger partial charge in [-0.3, -0.25) is 4.18 Å². The molecule has 158 valence electrons. The Morgan fingerprint density at radius 2 is 1.87 bits per heavy atom. The van der Waals surface area contributed by atoms with Crippen molar-refractivity contribution in [2.24, 2.45) is 0 Å². The summed E-state index contributed by atoms with van der Waals surface area (Å²) in [4.78, 5) is 22.8. The van der Waals surface area contributed by atoms with Gasteiger partial charge in [-0.15, -0.1) is 0 Å². The van der Waals surface area contributed by atoms with Crippen LogP contribution in [-0.4, -0.2) is 65.0 Å². The average molecular weight is 454 g/mol. The van der Waals surface area contributed by atoms with E-state index in [1.807, 2.05) is 0 Å². The van der Waals surface area contributed by atoms with Crippen LogP contribution >= 0.6 is 0 Å². The molecule has 1 fully saturated rings. The van der Waals surface area contributed by atoms with Gasteiger partial charge in [0.25, 0.3) is 0 Å². The number of hydrogen-bond acceptors (Lipinski definition) is 11. The Hall–Kier alpha value is -1.55. The molecule has 0 saturated carbocycles. The van der Waals surface area contributed by atoms with Crippen molar-refractivity contribution in [3.8, 4) is 5.75 Å². The largest absolute Gasteiger partial charge is 1.00 e. The summed E-state index contributed by atoms with van der Waals surface area (Å²) in [6.07, 6.45) is -10.2. The fraction of sp³-hybridized carbons (Fsp3) is 0.375. The molecule has 1 saturated heterocycles. The molecule has 2 aromatic rings. The Morgan fingerprint density at radius 3 is 2.47 bits per heavy atom. The first-order valence-electron chi connectivity index (χ1n) is 8.06. The SMILES string of the molecule is Cc1cc(=O)oc2cc(OC3O[C@@H](C(=O)O)[C@@H](O)[C@H](O)[C@H]3OS(=O)(=O)[O-])ccc12.[Na+]. The average Bonchev–Trinajstić information content (AvgIpc) is 2.59. The smallest absolute Gasteiger partial charge is 0.726 e. The second kappa shape index (κ2) is 9.30. The first kappa shape index (κ1) is 24.7. The van der Waals surface area contributed by atoms with Crippen LogP contribution in [0.5, 0.6) is 5.75 Å². The van der Waals surface area contributed by atoms with E-state index in [1.54, 1.807) is 6.92 Å². The van der Waals surface area contributed by atoms with Gasteiger partial charge in [0, 0.05) is 17.5 Å². The molecule has 12 nitrogen and oxygen atoms in total. The van der Waals surface area contributed by atoms with E-state index in [4.69, 9.17) is 19.0 Å². The summed E-state index contributed by atoms with van der Waals surface area (Å²) in [5, 5.41) is 29.5. The molecule has 1 aliphatic heterocycles. The molecule has 0 spiro atoms. The van der Waals surface area contributed by atoms with E-state index in [0.29, 0.717) is 10.9 Å². The fourth-order valence-electron chi connectivity index (χ4n) is 2.89. The Bertz CT molecular complexity index is 1100. The molecule has 1 aromatic carbocycles. The maximum Gasteiger partial charge on any atom is 1.00 e. The third kappa shape index (κ3) is 5.38. The van der Waals surface area contributed by atoms with Crippen molar-refractivity contribution >= 4 is 27.3 Å². The van der Waals surface area contributed by atoms with Gasteiger partial charge in [-0.25, -0.2) is 18.0 Å². The van der Waals surface area contributed by atoms with Gasteiger partial charge < -0.3 is 33.8 Å². The van der Waals surface area contributed by atoms with Crippen molar-refractivity contribution in [2.45, 2.75) is 37.6 Å². The molecule has 0 radical (unpaired) electrons. The number of hydrogen-bond donors (Lipinski definition) is 3. The number of carboxylic acids is 1. The normalized spacial score (nSPS) is 26.7. The number of carboxylic acid groups (broad SMARTS) is 1. The number of aryl methyl sites for hydroxylation is 1. The topological polar surface area (TPSA) is 193 Å². The van der Waals surface area contributed by atoms with E-state index >= 15 is 0 Å². The maximum absolute atomic E-state index is 11.5. The number of fused-ring (bicyclic) bond motifs is 1. The molecule has 0 aliphatic carbocycles. The van der Waals surface area contributed by atoms with Gasteiger partial charge in [0.05, 0.1) is 0 Å². The van der Waals surface area contributed by atoms with Crippen molar-refractivity contribution in [3.63, 3.8) is 0 Å². The summed E-state index contributed by atoms with van der Waals surface area (Å²) in [7, 11) is -5.38. The number of aliphatic hydroxyl groups excluding tert-OH is 2. The summed E-state index contributed by atoms with van der Waals surface area (Å²) >= 11 is 0. The second-order valence-corrected chi connectivity index (χ2v) is 7.25. The van der Waals surface area contributed by atoms with Gasteiger partial charge in [-0.2, -0.15) is 0 Å². The number of benzene rings is 1. The van der Waals surface area contributed by atoms with Crippen LogP contribution < -0.4 is 39.9 Å². The third-order valence-electron chi connectivity index (χ3n) is 4.19. The second-order valence-electron chi connectivity index (χ2n) is 6.24. The van der Waals surface area contributed by atoms with Crippen LogP contribution in [0, 0.1) is 6.92 Å². The van der Waals surface area contributed by atoms with E-state index < -0.39 is 52.7 Å². The predicted molar refractivity (Wildman–Crippen MR) is 90.7 cm³/mol. The fourth-order valence-corrected chi connectivity index (χ4v) is 3.36. The molecule has 30 heavy (non-hydrogen) atoms. The Balaban J connectivity index is 0.00000320. The molecule has 0 bridgehead atoms. The summed E-state index contributed by atoms with van der Waals surface area (Å²) < 4.78 is 52.5. The molecule has 1 aromatic heterocycles. The van der Waals surface area contributed by atoms with Gasteiger partial charge in [0.2, 0.25) is 16.7 Å². The van der Waals surface area contributed by atoms with Crippen LogP contribution in [0.2, 0.25) is 0 Å². The van der Waals surface area contributed by atoms with Crippen LogP contribution in [0.15, 0.2) is 33.5 Å². The van der Waals surface area contributed by atoms with Gasteiger partial charge in [0.1, 0.15) is 23.5 Å². The Labute approximate surface area is 191 Å². The Morgan fingerprint density at radius 1 is 1.20 bits per heavy atom. The molecule has 5 atom stereocenters. The van der Waals surface area contributed by atoms with E-state index in [1.165, 1.54) is 24.3 Å². The first-order valence-corrected chi connectivity index (χ1v) is 9.39. The van der Waals surface area contributed by atoms with Gasteiger partial charge >= 0.3 is 41.2 Å². The van der Waals surface area contributed by atoms with Crippen LogP contribution in [0.3, 0.4) is 0 Å². The number of aliphatic hydroxyl groups is 2. The number of carbonyl (C=O) groups is 1. The summed E-state index contributed by atoms with van der Waals surface area (Å²) in [5.41, 5.74) is 0.0802. The van der Waals surface area contributed by atoms with Gasteiger partial charge in [0.15, 0.2) is 12.2 Å². The van der Waals surface area contributed by atoms with E-state index in [9.17, 15) is 32.8 Å². The molecule has 3 N–H and O–H groups in total. The molecular formula is C16H15NaO12S. The van der Waals surface area contributed by atoms with Crippen LogP contribution in [-0.2, 0) is 24.1 Å². The summed E-state index contributed by atoms with van der Waals surface area (Å²) in [5.74, 6) is -1.76. The maximum atomic E-state index is 11.5.